The zero-order chi connectivity index (χ0) is 12.7. The average molecular weight is 233 g/mol. The molecule has 0 N–H and O–H groups in total. The van der Waals surface area contributed by atoms with Crippen molar-refractivity contribution in [2.24, 2.45) is 0 Å². The van der Waals surface area contributed by atoms with Crippen LogP contribution >= 0.6 is 0 Å². The van der Waals surface area contributed by atoms with Gasteiger partial charge in [-0.05, 0) is 33.3 Å². The van der Waals surface area contributed by atoms with Crippen LogP contribution in [0.3, 0.4) is 0 Å². The molecule has 95 valence electrons. The first-order valence-corrected chi connectivity index (χ1v) is 6.54. The Bertz CT molecular complexity index is 285. The van der Waals surface area contributed by atoms with Crippen LogP contribution in [0.4, 0.5) is 0 Å². The summed E-state index contributed by atoms with van der Waals surface area (Å²) < 4.78 is 0. The second-order valence-electron chi connectivity index (χ2n) is 5.02. The summed E-state index contributed by atoms with van der Waals surface area (Å²) in [7, 11) is 0. The van der Waals surface area contributed by atoms with E-state index in [1.165, 1.54) is 5.56 Å². The molecule has 0 aromatic heterocycles. The molecule has 1 aromatic carbocycles. The molecule has 2 heteroatoms. The lowest BCUT2D eigenvalue weighted by atomic mass is 10.2. The van der Waals surface area contributed by atoms with Crippen molar-refractivity contribution < 1.29 is 0 Å². The normalized spacial score (nSPS) is 11.7. The summed E-state index contributed by atoms with van der Waals surface area (Å²) in [5.74, 6) is 0. The molecule has 0 spiro atoms. The highest BCUT2D eigenvalue weighted by Gasteiger charge is 2.12. The monoisotopic (exact) mass is 233 g/mol. The summed E-state index contributed by atoms with van der Waals surface area (Å²) in [6, 6.07) is 11.6. The van der Waals surface area contributed by atoms with Gasteiger partial charge < -0.3 is 0 Å². The Labute approximate surface area is 106 Å². The third kappa shape index (κ3) is 5.33. The van der Waals surface area contributed by atoms with E-state index >= 15 is 0 Å². The van der Waals surface area contributed by atoms with E-state index in [0.29, 0.717) is 12.1 Å². The number of rotatable bonds is 7. The van der Waals surface area contributed by atoms with E-state index in [0.717, 1.165) is 19.6 Å². The van der Waals surface area contributed by atoms with E-state index in [2.05, 4.69) is 62.2 Å². The maximum atomic E-state index is 4.60. The maximum absolute atomic E-state index is 4.60. The molecule has 1 aromatic rings. The Balaban J connectivity index is 2.23. The highest BCUT2D eigenvalue weighted by Crippen LogP contribution is 2.04. The van der Waals surface area contributed by atoms with Crippen LogP contribution in [0.15, 0.2) is 30.3 Å². The van der Waals surface area contributed by atoms with Gasteiger partial charge >= 0.3 is 0 Å². The fraction of sp³-hybridized carbons (Fsp3) is 0.600. The van der Waals surface area contributed by atoms with Gasteiger partial charge in [-0.3, -0.25) is 4.90 Å². The smallest absolute Gasteiger partial charge is 0.0384 e. The van der Waals surface area contributed by atoms with Gasteiger partial charge in [0.05, 0.1) is 0 Å². The SMILES string of the molecule is CC(C)N(CC[N]Cc1ccccc1)C(C)C. The highest BCUT2D eigenvalue weighted by atomic mass is 15.2. The van der Waals surface area contributed by atoms with Gasteiger partial charge in [0.25, 0.3) is 0 Å². The molecule has 0 amide bonds. The van der Waals surface area contributed by atoms with Crippen LogP contribution in [0.25, 0.3) is 0 Å². The summed E-state index contributed by atoms with van der Waals surface area (Å²) in [6.07, 6.45) is 0. The molecule has 2 nitrogen and oxygen atoms in total. The van der Waals surface area contributed by atoms with E-state index < -0.39 is 0 Å². The van der Waals surface area contributed by atoms with Crippen molar-refractivity contribution in [1.29, 1.82) is 0 Å². The van der Waals surface area contributed by atoms with Crippen LogP contribution in [0.1, 0.15) is 33.3 Å². The van der Waals surface area contributed by atoms with Crippen LogP contribution in [-0.4, -0.2) is 30.1 Å². The lowest BCUT2D eigenvalue weighted by molar-refractivity contribution is 0.175. The molecule has 0 bridgehead atoms. The topological polar surface area (TPSA) is 17.3 Å². The molecule has 0 unspecified atom stereocenters. The highest BCUT2D eigenvalue weighted by molar-refractivity contribution is 5.14. The fourth-order valence-electron chi connectivity index (χ4n) is 2.09. The molecule has 1 rings (SSSR count). The number of benzene rings is 1. The van der Waals surface area contributed by atoms with Gasteiger partial charge in [0.15, 0.2) is 0 Å². The van der Waals surface area contributed by atoms with Crippen LogP contribution in [-0.2, 0) is 6.54 Å². The van der Waals surface area contributed by atoms with Crippen molar-refractivity contribution in [1.82, 2.24) is 10.2 Å². The molecule has 0 heterocycles. The van der Waals surface area contributed by atoms with Gasteiger partial charge in [0.1, 0.15) is 0 Å². The summed E-state index contributed by atoms with van der Waals surface area (Å²) in [4.78, 5) is 2.48. The third-order valence-corrected chi connectivity index (χ3v) is 2.98. The minimum absolute atomic E-state index is 0.599. The summed E-state index contributed by atoms with van der Waals surface area (Å²) in [5.41, 5.74) is 1.30. The minimum atomic E-state index is 0.599. The second kappa shape index (κ2) is 7.46. The molecule has 0 aliphatic rings. The molecular formula is C15H25N2. The van der Waals surface area contributed by atoms with Crippen molar-refractivity contribution >= 4 is 0 Å². The predicted octanol–water partition coefficient (Wildman–Crippen LogP) is 2.91. The van der Waals surface area contributed by atoms with Crippen LogP contribution in [0.2, 0.25) is 0 Å². The molecule has 0 aliphatic heterocycles. The second-order valence-corrected chi connectivity index (χ2v) is 5.02. The van der Waals surface area contributed by atoms with Crippen molar-refractivity contribution in [3.8, 4) is 0 Å². The van der Waals surface area contributed by atoms with Gasteiger partial charge in [0, 0.05) is 31.7 Å². The lowest BCUT2D eigenvalue weighted by Gasteiger charge is -2.30. The van der Waals surface area contributed by atoms with E-state index in [4.69, 9.17) is 0 Å². The van der Waals surface area contributed by atoms with E-state index in [1.807, 2.05) is 6.07 Å². The Morgan fingerprint density at radius 3 is 2.12 bits per heavy atom. The zero-order valence-corrected chi connectivity index (χ0v) is 11.6. The van der Waals surface area contributed by atoms with E-state index in [-0.39, 0.29) is 0 Å². The largest absolute Gasteiger partial charge is 0.297 e. The Morgan fingerprint density at radius 1 is 1.00 bits per heavy atom. The van der Waals surface area contributed by atoms with Crippen molar-refractivity contribution in [3.05, 3.63) is 35.9 Å². The fourth-order valence-corrected chi connectivity index (χ4v) is 2.09. The number of hydrogen-bond acceptors (Lipinski definition) is 1. The Hall–Kier alpha value is -0.860. The van der Waals surface area contributed by atoms with Gasteiger partial charge in [0.2, 0.25) is 0 Å². The number of nitrogens with zero attached hydrogens (tertiary/aromatic N) is 2. The van der Waals surface area contributed by atoms with E-state index in [9.17, 15) is 0 Å². The van der Waals surface area contributed by atoms with Gasteiger partial charge in [-0.15, -0.1) is 0 Å². The van der Waals surface area contributed by atoms with E-state index in [1.54, 1.807) is 0 Å². The average Bonchev–Trinajstić information content (AvgIpc) is 2.29. The van der Waals surface area contributed by atoms with Gasteiger partial charge in [-0.1, -0.05) is 30.3 Å². The molecule has 0 aliphatic carbocycles. The van der Waals surface area contributed by atoms with Crippen molar-refractivity contribution in [3.63, 3.8) is 0 Å². The maximum Gasteiger partial charge on any atom is 0.0384 e. The molecule has 0 saturated carbocycles. The minimum Gasteiger partial charge on any atom is -0.297 e. The predicted molar refractivity (Wildman–Crippen MR) is 74.1 cm³/mol. The van der Waals surface area contributed by atoms with Crippen LogP contribution in [0.5, 0.6) is 0 Å². The van der Waals surface area contributed by atoms with Gasteiger partial charge in [-0.2, -0.15) is 0 Å². The van der Waals surface area contributed by atoms with Crippen molar-refractivity contribution in [2.75, 3.05) is 13.1 Å². The Morgan fingerprint density at radius 2 is 1.59 bits per heavy atom. The number of hydrogen-bond donors (Lipinski definition) is 0. The lowest BCUT2D eigenvalue weighted by Crippen LogP contribution is -2.40. The van der Waals surface area contributed by atoms with Crippen LogP contribution < -0.4 is 5.32 Å². The van der Waals surface area contributed by atoms with Crippen molar-refractivity contribution in [2.45, 2.75) is 46.3 Å². The molecule has 0 atom stereocenters. The molecular weight excluding hydrogens is 208 g/mol. The first kappa shape index (κ1) is 14.2. The standard InChI is InChI=1S/C15H25N2/c1-13(2)17(14(3)4)11-10-16-12-15-8-6-5-7-9-15/h5-9,13-14H,10-12H2,1-4H3. The Kier molecular flexibility index (Phi) is 6.23. The molecule has 17 heavy (non-hydrogen) atoms. The van der Waals surface area contributed by atoms with Crippen LogP contribution in [0, 0.1) is 0 Å². The quantitative estimate of drug-likeness (QED) is 0.662. The molecule has 1 radical (unpaired) electrons. The van der Waals surface area contributed by atoms with Gasteiger partial charge in [-0.25, -0.2) is 5.32 Å². The third-order valence-electron chi connectivity index (χ3n) is 2.98. The summed E-state index contributed by atoms with van der Waals surface area (Å²) in [6.45, 7) is 11.8. The first-order chi connectivity index (χ1) is 8.11. The first-order valence-electron chi connectivity index (χ1n) is 6.54. The summed E-state index contributed by atoms with van der Waals surface area (Å²) in [5, 5.41) is 4.60. The molecule has 0 saturated heterocycles. The zero-order valence-electron chi connectivity index (χ0n) is 11.6. The molecule has 0 fully saturated rings. The summed E-state index contributed by atoms with van der Waals surface area (Å²) >= 11 is 0.